The van der Waals surface area contributed by atoms with Gasteiger partial charge < -0.3 is 14.8 Å². The number of methoxy groups -OCH3 is 1. The lowest BCUT2D eigenvalue weighted by Crippen LogP contribution is -2.30. The van der Waals surface area contributed by atoms with Gasteiger partial charge in [0.05, 0.1) is 19.2 Å². The number of fused-ring (bicyclic) bond motifs is 1. The number of esters is 1. The van der Waals surface area contributed by atoms with E-state index in [1.165, 1.54) is 31.6 Å². The van der Waals surface area contributed by atoms with E-state index >= 15 is 0 Å². The van der Waals surface area contributed by atoms with Crippen LogP contribution >= 0.6 is 0 Å². The molecule has 0 radical (unpaired) electrons. The van der Waals surface area contributed by atoms with Crippen molar-refractivity contribution in [2.24, 2.45) is 0 Å². The van der Waals surface area contributed by atoms with Crippen LogP contribution in [0.2, 0.25) is 0 Å². The van der Waals surface area contributed by atoms with Crippen molar-refractivity contribution in [3.8, 4) is 5.75 Å². The maximum Gasteiger partial charge on any atom is 0.307 e. The molecule has 0 bridgehead atoms. The Balaban J connectivity index is 1.50. The predicted molar refractivity (Wildman–Crippen MR) is 119 cm³/mol. The van der Waals surface area contributed by atoms with Gasteiger partial charge in [-0.05, 0) is 74.4 Å². The van der Waals surface area contributed by atoms with Crippen molar-refractivity contribution in [1.82, 2.24) is 0 Å². The molecule has 6 heteroatoms. The number of benzene rings is 2. The van der Waals surface area contributed by atoms with Gasteiger partial charge in [0.25, 0.3) is 5.91 Å². The molecule has 1 N–H and O–H groups in total. The summed E-state index contributed by atoms with van der Waals surface area (Å²) in [4.78, 5) is 37.1. The quantitative estimate of drug-likeness (QED) is 0.502. The summed E-state index contributed by atoms with van der Waals surface area (Å²) in [6.07, 6.45) is 3.39. The first-order valence-electron chi connectivity index (χ1n) is 10.7. The van der Waals surface area contributed by atoms with E-state index < -0.39 is 18.0 Å². The minimum atomic E-state index is -0.989. The highest BCUT2D eigenvalue weighted by Gasteiger charge is 2.20. The summed E-state index contributed by atoms with van der Waals surface area (Å²) in [5.41, 5.74) is 4.65. The predicted octanol–water partition coefficient (Wildman–Crippen LogP) is 4.42. The SMILES string of the molecule is COc1ccc(C)cc1NC(=O)[C@@H](C)OC(=O)CCC(=O)c1ccc2c(c1)CCCC2. The number of amides is 1. The van der Waals surface area contributed by atoms with Gasteiger partial charge in [0.2, 0.25) is 0 Å². The van der Waals surface area contributed by atoms with Crippen molar-refractivity contribution in [2.45, 2.75) is 58.5 Å². The zero-order chi connectivity index (χ0) is 22.4. The first-order valence-corrected chi connectivity index (χ1v) is 10.7. The number of rotatable bonds is 8. The number of carbonyl (C=O) groups is 3. The standard InChI is InChI=1S/C25H29NO5/c1-16-8-12-23(30-3)21(14-16)26-25(29)17(2)31-24(28)13-11-22(27)20-10-9-18-6-4-5-7-19(18)15-20/h8-10,12,14-15,17H,4-7,11,13H2,1-3H3,(H,26,29)/t17-/m1/s1. The van der Waals surface area contributed by atoms with Gasteiger partial charge in [-0.15, -0.1) is 0 Å². The number of aryl methyl sites for hydroxylation is 3. The summed E-state index contributed by atoms with van der Waals surface area (Å²) >= 11 is 0. The molecule has 0 heterocycles. The molecule has 2 aromatic rings. The van der Waals surface area contributed by atoms with Gasteiger partial charge >= 0.3 is 5.97 Å². The third-order valence-corrected chi connectivity index (χ3v) is 5.52. The fraction of sp³-hybridized carbons (Fsp3) is 0.400. The van der Waals surface area contributed by atoms with Crippen molar-refractivity contribution in [2.75, 3.05) is 12.4 Å². The molecular weight excluding hydrogens is 394 g/mol. The van der Waals surface area contributed by atoms with Crippen molar-refractivity contribution >= 4 is 23.3 Å². The van der Waals surface area contributed by atoms with E-state index in [-0.39, 0.29) is 18.6 Å². The number of anilines is 1. The number of carbonyl (C=O) groups excluding carboxylic acids is 3. The number of nitrogens with one attached hydrogen (secondary N) is 1. The molecule has 1 aliphatic carbocycles. The highest BCUT2D eigenvalue weighted by atomic mass is 16.5. The second kappa shape index (κ2) is 10.2. The largest absolute Gasteiger partial charge is 0.495 e. The Hall–Kier alpha value is -3.15. The Labute approximate surface area is 182 Å². The molecule has 1 amide bonds. The molecule has 0 spiro atoms. The molecule has 0 aliphatic heterocycles. The normalized spacial score (nSPS) is 13.6. The summed E-state index contributed by atoms with van der Waals surface area (Å²) in [5.74, 6) is -0.608. The second-order valence-electron chi connectivity index (χ2n) is 7.94. The lowest BCUT2D eigenvalue weighted by Gasteiger charge is -2.16. The van der Waals surface area contributed by atoms with Crippen LogP contribution in [0, 0.1) is 6.92 Å². The van der Waals surface area contributed by atoms with Gasteiger partial charge in [0, 0.05) is 12.0 Å². The molecule has 164 valence electrons. The molecule has 0 unspecified atom stereocenters. The molecular formula is C25H29NO5. The van der Waals surface area contributed by atoms with Crippen LogP contribution in [0.1, 0.15) is 59.7 Å². The van der Waals surface area contributed by atoms with E-state index in [0.29, 0.717) is 17.0 Å². The zero-order valence-electron chi connectivity index (χ0n) is 18.3. The van der Waals surface area contributed by atoms with Crippen LogP contribution in [0.15, 0.2) is 36.4 Å². The number of ketones is 1. The van der Waals surface area contributed by atoms with Gasteiger partial charge in [-0.3, -0.25) is 14.4 Å². The van der Waals surface area contributed by atoms with Gasteiger partial charge in [0.15, 0.2) is 11.9 Å². The summed E-state index contributed by atoms with van der Waals surface area (Å²) in [6, 6.07) is 11.2. The van der Waals surface area contributed by atoms with E-state index in [1.54, 1.807) is 12.1 Å². The van der Waals surface area contributed by atoms with Crippen molar-refractivity contribution < 1.29 is 23.9 Å². The van der Waals surface area contributed by atoms with Gasteiger partial charge in [-0.1, -0.05) is 18.2 Å². The summed E-state index contributed by atoms with van der Waals surface area (Å²) in [5, 5.41) is 2.72. The molecule has 1 aliphatic rings. The van der Waals surface area contributed by atoms with Crippen LogP contribution in [-0.2, 0) is 27.2 Å². The molecule has 6 nitrogen and oxygen atoms in total. The maximum atomic E-state index is 12.5. The van der Waals surface area contributed by atoms with Crippen molar-refractivity contribution in [1.29, 1.82) is 0 Å². The Morgan fingerprint density at radius 3 is 2.48 bits per heavy atom. The topological polar surface area (TPSA) is 81.7 Å². The third kappa shape index (κ3) is 5.94. The lowest BCUT2D eigenvalue weighted by molar-refractivity contribution is -0.153. The van der Waals surface area contributed by atoms with Gasteiger partial charge in [0.1, 0.15) is 5.75 Å². The molecule has 2 aromatic carbocycles. The van der Waals surface area contributed by atoms with Crippen LogP contribution in [0.25, 0.3) is 0 Å². The van der Waals surface area contributed by atoms with E-state index in [9.17, 15) is 14.4 Å². The monoisotopic (exact) mass is 423 g/mol. The highest BCUT2D eigenvalue weighted by molar-refractivity contribution is 5.99. The number of hydrogen-bond acceptors (Lipinski definition) is 5. The maximum absolute atomic E-state index is 12.5. The van der Waals surface area contributed by atoms with Crippen molar-refractivity contribution in [3.05, 3.63) is 58.7 Å². The molecule has 0 saturated carbocycles. The first kappa shape index (κ1) is 22.5. The Kier molecular flexibility index (Phi) is 7.45. The smallest absolute Gasteiger partial charge is 0.307 e. The van der Waals surface area contributed by atoms with E-state index in [1.807, 2.05) is 31.2 Å². The van der Waals surface area contributed by atoms with Crippen LogP contribution in [0.4, 0.5) is 5.69 Å². The van der Waals surface area contributed by atoms with E-state index in [4.69, 9.17) is 9.47 Å². The van der Waals surface area contributed by atoms with E-state index in [2.05, 4.69) is 5.32 Å². The van der Waals surface area contributed by atoms with Crippen LogP contribution in [0.5, 0.6) is 5.75 Å². The lowest BCUT2D eigenvalue weighted by atomic mass is 9.89. The first-order chi connectivity index (χ1) is 14.9. The molecule has 1 atom stereocenters. The summed E-state index contributed by atoms with van der Waals surface area (Å²) in [6.45, 7) is 3.40. The number of hydrogen-bond donors (Lipinski definition) is 1. The number of ether oxygens (including phenoxy) is 2. The molecule has 0 saturated heterocycles. The molecule has 0 fully saturated rings. The molecule has 3 rings (SSSR count). The number of Topliss-reactive ketones (excluding diaryl/α,β-unsaturated/α-hetero) is 1. The second-order valence-corrected chi connectivity index (χ2v) is 7.94. The third-order valence-electron chi connectivity index (χ3n) is 5.52. The Bertz CT molecular complexity index is 982. The Morgan fingerprint density at radius 2 is 1.74 bits per heavy atom. The van der Waals surface area contributed by atoms with Crippen LogP contribution in [-0.4, -0.2) is 30.9 Å². The van der Waals surface area contributed by atoms with Gasteiger partial charge in [-0.25, -0.2) is 0 Å². The minimum absolute atomic E-state index is 0.0532. The van der Waals surface area contributed by atoms with Gasteiger partial charge in [-0.2, -0.15) is 0 Å². The van der Waals surface area contributed by atoms with Crippen molar-refractivity contribution in [3.63, 3.8) is 0 Å². The summed E-state index contributed by atoms with van der Waals surface area (Å²) in [7, 11) is 1.52. The zero-order valence-corrected chi connectivity index (χ0v) is 18.3. The van der Waals surface area contributed by atoms with Crippen LogP contribution in [0.3, 0.4) is 0 Å². The van der Waals surface area contributed by atoms with Crippen LogP contribution < -0.4 is 10.1 Å². The average molecular weight is 424 g/mol. The fourth-order valence-corrected chi connectivity index (χ4v) is 3.73. The van der Waals surface area contributed by atoms with E-state index in [0.717, 1.165) is 24.8 Å². The minimum Gasteiger partial charge on any atom is -0.495 e. The average Bonchev–Trinajstić information content (AvgIpc) is 2.77. The molecule has 0 aromatic heterocycles. The Morgan fingerprint density at radius 1 is 1.00 bits per heavy atom. The summed E-state index contributed by atoms with van der Waals surface area (Å²) < 4.78 is 10.5. The fourth-order valence-electron chi connectivity index (χ4n) is 3.73. The molecule has 31 heavy (non-hydrogen) atoms. The highest BCUT2D eigenvalue weighted by Crippen LogP contribution is 2.26.